The number of phosphoric acid groups is 1. The van der Waals surface area contributed by atoms with Gasteiger partial charge in [-0.3, -0.25) is 23.4 Å². The molecule has 0 aliphatic rings. The summed E-state index contributed by atoms with van der Waals surface area (Å²) in [5.74, 6) is -2.38. The largest absolute Gasteiger partial charge is 0.480 e. The summed E-state index contributed by atoms with van der Waals surface area (Å²) in [7, 11) is -4.69. The second kappa shape index (κ2) is 28.0. The molecule has 0 amide bonds. The minimum atomic E-state index is -4.69. The van der Waals surface area contributed by atoms with E-state index in [2.05, 4.69) is 18.4 Å². The summed E-state index contributed by atoms with van der Waals surface area (Å²) in [6.45, 7) is 2.71. The van der Waals surface area contributed by atoms with Crippen LogP contribution in [-0.2, 0) is 37.5 Å². The fraction of sp³-hybridized carbons (Fsp3) is 0.903. The number of esters is 2. The molecule has 0 saturated heterocycles. The van der Waals surface area contributed by atoms with E-state index in [4.69, 9.17) is 24.8 Å². The van der Waals surface area contributed by atoms with E-state index in [1.165, 1.54) is 70.6 Å². The van der Waals surface area contributed by atoms with Crippen molar-refractivity contribution in [3.05, 3.63) is 0 Å². The quantitative estimate of drug-likeness (QED) is 0.0398. The Morgan fingerprint density at radius 2 is 1.02 bits per heavy atom. The average molecular weight is 638 g/mol. The van der Waals surface area contributed by atoms with Gasteiger partial charge < -0.3 is 25.2 Å². The maximum absolute atomic E-state index is 12.5. The van der Waals surface area contributed by atoms with Gasteiger partial charge in [-0.05, 0) is 12.8 Å². The van der Waals surface area contributed by atoms with E-state index in [0.717, 1.165) is 38.5 Å². The first-order chi connectivity index (χ1) is 20.6. The zero-order valence-electron chi connectivity index (χ0n) is 26.8. The highest BCUT2D eigenvalue weighted by Crippen LogP contribution is 2.43. The molecule has 0 heterocycles. The molecule has 0 bridgehead atoms. The van der Waals surface area contributed by atoms with Gasteiger partial charge in [0.1, 0.15) is 12.6 Å². The zero-order valence-corrected chi connectivity index (χ0v) is 27.7. The van der Waals surface area contributed by atoms with Crippen molar-refractivity contribution in [2.45, 2.75) is 161 Å². The van der Waals surface area contributed by atoms with Gasteiger partial charge in [-0.25, -0.2) is 4.57 Å². The normalized spacial score (nSPS) is 14.1. The first kappa shape index (κ1) is 41.5. The van der Waals surface area contributed by atoms with Gasteiger partial charge in [0.2, 0.25) is 0 Å². The van der Waals surface area contributed by atoms with E-state index >= 15 is 0 Å². The molecular weight excluding hydrogens is 577 g/mol. The molecule has 0 aliphatic carbocycles. The zero-order chi connectivity index (χ0) is 32.2. The number of hydrogen-bond donors (Lipinski definition) is 3. The summed E-state index contributed by atoms with van der Waals surface area (Å²) in [5.41, 5.74) is 5.29. The maximum Gasteiger partial charge on any atom is 0.472 e. The fourth-order valence-electron chi connectivity index (χ4n) is 4.42. The van der Waals surface area contributed by atoms with Gasteiger partial charge in [0, 0.05) is 12.8 Å². The molecule has 0 aliphatic heterocycles. The first-order valence-electron chi connectivity index (χ1n) is 16.6. The average Bonchev–Trinajstić information content (AvgIpc) is 2.97. The molecule has 43 heavy (non-hydrogen) atoms. The Morgan fingerprint density at radius 1 is 0.628 bits per heavy atom. The van der Waals surface area contributed by atoms with Crippen LogP contribution in [0.25, 0.3) is 0 Å². The molecule has 0 aromatic carbocycles. The number of carbonyl (C=O) groups excluding carboxylic acids is 2. The van der Waals surface area contributed by atoms with Crippen LogP contribution in [0, 0.1) is 0 Å². The van der Waals surface area contributed by atoms with Crippen molar-refractivity contribution in [2.24, 2.45) is 5.73 Å². The predicted octanol–water partition coefficient (Wildman–Crippen LogP) is 7.22. The van der Waals surface area contributed by atoms with Crippen LogP contribution in [0.2, 0.25) is 0 Å². The summed E-state index contributed by atoms with van der Waals surface area (Å²) < 4.78 is 32.3. The Balaban J connectivity index is 4.48. The third kappa shape index (κ3) is 27.7. The Kier molecular flexibility index (Phi) is 27.0. The van der Waals surface area contributed by atoms with E-state index in [-0.39, 0.29) is 19.4 Å². The minimum absolute atomic E-state index is 0.167. The number of carboxylic acid groups (broad SMARTS) is 1. The van der Waals surface area contributed by atoms with Crippen molar-refractivity contribution in [1.29, 1.82) is 0 Å². The van der Waals surface area contributed by atoms with Crippen molar-refractivity contribution in [3.63, 3.8) is 0 Å². The van der Waals surface area contributed by atoms with Crippen LogP contribution in [0.4, 0.5) is 0 Å². The van der Waals surface area contributed by atoms with Crippen molar-refractivity contribution in [2.75, 3.05) is 19.8 Å². The number of aliphatic carboxylic acids is 1. The lowest BCUT2D eigenvalue weighted by Gasteiger charge is -2.20. The molecular formula is C31H60NO10P. The SMILES string of the molecule is CCCCCCCCCCCCCCC(=O)OC(COC(=O)CCCCCCCCC)COP(=O)(O)OCC(N)C(=O)O. The Morgan fingerprint density at radius 3 is 1.47 bits per heavy atom. The van der Waals surface area contributed by atoms with Crippen LogP contribution in [0.5, 0.6) is 0 Å². The van der Waals surface area contributed by atoms with Crippen LogP contribution >= 0.6 is 7.82 Å². The molecule has 3 unspecified atom stereocenters. The summed E-state index contributed by atoms with van der Waals surface area (Å²) in [4.78, 5) is 45.3. The second-order valence-electron chi connectivity index (χ2n) is 11.3. The fourth-order valence-corrected chi connectivity index (χ4v) is 5.19. The lowest BCUT2D eigenvalue weighted by Crippen LogP contribution is -2.34. The van der Waals surface area contributed by atoms with Crippen molar-refractivity contribution in [3.8, 4) is 0 Å². The number of ether oxygens (including phenoxy) is 2. The smallest absolute Gasteiger partial charge is 0.472 e. The minimum Gasteiger partial charge on any atom is -0.480 e. The molecule has 0 aromatic rings. The number of nitrogens with two attached hydrogens (primary N) is 1. The van der Waals surface area contributed by atoms with Gasteiger partial charge >= 0.3 is 25.7 Å². The molecule has 3 atom stereocenters. The van der Waals surface area contributed by atoms with E-state index in [1.54, 1.807) is 0 Å². The number of hydrogen-bond acceptors (Lipinski definition) is 9. The lowest BCUT2D eigenvalue weighted by molar-refractivity contribution is -0.161. The number of phosphoric ester groups is 1. The highest BCUT2D eigenvalue weighted by atomic mass is 31.2. The number of unbranched alkanes of at least 4 members (excludes halogenated alkanes) is 17. The molecule has 0 radical (unpaired) electrons. The van der Waals surface area contributed by atoms with Gasteiger partial charge in [-0.15, -0.1) is 0 Å². The summed E-state index contributed by atoms with van der Waals surface area (Å²) in [5, 5.41) is 8.81. The summed E-state index contributed by atoms with van der Waals surface area (Å²) in [6, 6.07) is -1.51. The number of carbonyl (C=O) groups is 3. The molecule has 0 spiro atoms. The molecule has 12 heteroatoms. The Bertz CT molecular complexity index is 767. The first-order valence-corrected chi connectivity index (χ1v) is 18.1. The highest BCUT2D eigenvalue weighted by Gasteiger charge is 2.28. The van der Waals surface area contributed by atoms with Crippen LogP contribution < -0.4 is 5.73 Å². The third-order valence-corrected chi connectivity index (χ3v) is 8.06. The van der Waals surface area contributed by atoms with Gasteiger partial charge in [-0.2, -0.15) is 0 Å². The van der Waals surface area contributed by atoms with Gasteiger partial charge in [0.15, 0.2) is 6.10 Å². The molecule has 0 fully saturated rings. The van der Waals surface area contributed by atoms with Crippen LogP contribution in [0.15, 0.2) is 0 Å². The molecule has 0 rings (SSSR count). The van der Waals surface area contributed by atoms with Crippen LogP contribution in [0.3, 0.4) is 0 Å². The second-order valence-corrected chi connectivity index (χ2v) is 12.8. The molecule has 4 N–H and O–H groups in total. The molecule has 0 aromatic heterocycles. The van der Waals surface area contributed by atoms with Crippen LogP contribution in [0.1, 0.15) is 149 Å². The summed E-state index contributed by atoms with van der Waals surface area (Å²) >= 11 is 0. The maximum atomic E-state index is 12.5. The van der Waals surface area contributed by atoms with E-state index < -0.39 is 51.1 Å². The third-order valence-electron chi connectivity index (χ3n) is 7.11. The monoisotopic (exact) mass is 637 g/mol. The van der Waals surface area contributed by atoms with E-state index in [0.29, 0.717) is 12.8 Å². The Hall–Kier alpha value is -1.52. The van der Waals surface area contributed by atoms with Crippen molar-refractivity contribution in [1.82, 2.24) is 0 Å². The predicted molar refractivity (Wildman–Crippen MR) is 166 cm³/mol. The Labute approximate surface area is 259 Å². The van der Waals surface area contributed by atoms with E-state index in [1.807, 2.05) is 0 Å². The lowest BCUT2D eigenvalue weighted by atomic mass is 10.0. The topological polar surface area (TPSA) is 172 Å². The van der Waals surface area contributed by atoms with Crippen LogP contribution in [-0.4, -0.2) is 59.9 Å². The van der Waals surface area contributed by atoms with Crippen molar-refractivity contribution < 1.29 is 47.5 Å². The molecule has 11 nitrogen and oxygen atoms in total. The van der Waals surface area contributed by atoms with E-state index in [9.17, 15) is 23.8 Å². The van der Waals surface area contributed by atoms with Crippen molar-refractivity contribution >= 4 is 25.7 Å². The highest BCUT2D eigenvalue weighted by molar-refractivity contribution is 7.47. The number of rotatable bonds is 31. The number of carboxylic acids is 1. The van der Waals surface area contributed by atoms with Gasteiger partial charge in [0.05, 0.1) is 13.2 Å². The van der Waals surface area contributed by atoms with Gasteiger partial charge in [0.25, 0.3) is 0 Å². The van der Waals surface area contributed by atoms with Gasteiger partial charge in [-0.1, -0.05) is 123 Å². The molecule has 0 saturated carbocycles. The molecule has 254 valence electrons. The summed E-state index contributed by atoms with van der Waals surface area (Å²) in [6.07, 6.45) is 20.6. The standard InChI is InChI=1S/C31H60NO10P/c1-3-5-7-9-11-12-13-14-15-17-19-21-23-30(34)42-27(25-40-43(37,38)41-26-28(32)31(35)36)24-39-29(33)22-20-18-16-10-8-6-4-2/h27-28H,3-26,32H2,1-2H3,(H,35,36)(H,37,38).